The molecule has 0 aliphatic carbocycles. The number of rotatable bonds is 6. The van der Waals surface area contributed by atoms with Crippen LogP contribution in [0.1, 0.15) is 35.3 Å². The molecular weight excluding hydrogens is 489 g/mol. The van der Waals surface area contributed by atoms with Crippen LogP contribution in [0.15, 0.2) is 46.2 Å². The number of aromatic nitrogens is 1. The summed E-state index contributed by atoms with van der Waals surface area (Å²) in [5, 5.41) is 13.2. The maximum Gasteiger partial charge on any atom is 0.335 e. The molecule has 1 amide bonds. The Kier molecular flexibility index (Phi) is 6.55. The summed E-state index contributed by atoms with van der Waals surface area (Å²) in [7, 11) is 0. The van der Waals surface area contributed by atoms with Gasteiger partial charge in [0.25, 0.3) is 0 Å². The number of benzene rings is 2. The van der Waals surface area contributed by atoms with Gasteiger partial charge in [-0.05, 0) is 68.6 Å². The zero-order valence-electron chi connectivity index (χ0n) is 19.4. The van der Waals surface area contributed by atoms with Crippen LogP contribution < -0.4 is 5.32 Å². The fourth-order valence-electron chi connectivity index (χ4n) is 5.29. The molecule has 5 rings (SSSR count). The Hall–Kier alpha value is -2.55. The SMILES string of the molecule is Cc1c(Sc2cccc(C(=O)O)c2)c2ccc(Cl)c(F)c2n1CCN1CCC2(CC1)CNC(=O)C2. The number of hydrogen-bond donors (Lipinski definition) is 2. The third-order valence-corrected chi connectivity index (χ3v) is 8.87. The summed E-state index contributed by atoms with van der Waals surface area (Å²) in [6.45, 7) is 5.96. The summed E-state index contributed by atoms with van der Waals surface area (Å²) in [5.74, 6) is -1.27. The Morgan fingerprint density at radius 1 is 1.23 bits per heavy atom. The van der Waals surface area contributed by atoms with E-state index >= 15 is 4.39 Å². The van der Waals surface area contributed by atoms with Gasteiger partial charge in [-0.3, -0.25) is 4.79 Å². The number of likely N-dealkylation sites (tertiary alicyclic amines) is 1. The van der Waals surface area contributed by atoms with Gasteiger partial charge in [0.05, 0.1) is 16.1 Å². The summed E-state index contributed by atoms with van der Waals surface area (Å²) < 4.78 is 17.3. The first-order valence-corrected chi connectivity index (χ1v) is 12.9. The first kappa shape index (κ1) is 24.2. The average Bonchev–Trinajstić information content (AvgIpc) is 3.33. The van der Waals surface area contributed by atoms with Gasteiger partial charge in [0.2, 0.25) is 5.91 Å². The van der Waals surface area contributed by atoms with Crippen LogP contribution in [0.5, 0.6) is 0 Å². The van der Waals surface area contributed by atoms with Gasteiger partial charge in [-0.2, -0.15) is 0 Å². The Morgan fingerprint density at radius 2 is 2.00 bits per heavy atom. The molecule has 2 saturated heterocycles. The number of carboxylic acid groups (broad SMARTS) is 1. The maximum atomic E-state index is 15.3. The van der Waals surface area contributed by atoms with Crippen LogP contribution in [0.3, 0.4) is 0 Å². The van der Waals surface area contributed by atoms with E-state index in [2.05, 4.69) is 10.2 Å². The minimum atomic E-state index is -0.981. The van der Waals surface area contributed by atoms with E-state index in [0.717, 1.165) is 59.9 Å². The average molecular weight is 516 g/mol. The van der Waals surface area contributed by atoms with Crippen molar-refractivity contribution in [3.8, 4) is 0 Å². The zero-order chi connectivity index (χ0) is 24.7. The lowest BCUT2D eigenvalue weighted by molar-refractivity contribution is -0.119. The molecule has 35 heavy (non-hydrogen) atoms. The minimum absolute atomic E-state index is 0.0824. The number of aromatic carboxylic acids is 1. The fourth-order valence-corrected chi connectivity index (χ4v) is 6.54. The molecule has 0 atom stereocenters. The number of hydrogen-bond acceptors (Lipinski definition) is 4. The van der Waals surface area contributed by atoms with Crippen LogP contribution >= 0.6 is 23.4 Å². The number of nitrogens with one attached hydrogen (secondary N) is 1. The van der Waals surface area contributed by atoms with Crippen molar-refractivity contribution in [2.24, 2.45) is 5.41 Å². The van der Waals surface area contributed by atoms with Crippen LogP contribution in [0.25, 0.3) is 10.9 Å². The molecule has 2 N–H and O–H groups in total. The molecule has 2 aliphatic rings. The topological polar surface area (TPSA) is 74.6 Å². The Labute approximate surface area is 212 Å². The lowest BCUT2D eigenvalue weighted by Gasteiger charge is -2.38. The number of fused-ring (bicyclic) bond motifs is 1. The van der Waals surface area contributed by atoms with Gasteiger partial charge in [0, 0.05) is 46.9 Å². The third-order valence-electron chi connectivity index (χ3n) is 7.37. The molecule has 6 nitrogen and oxygen atoms in total. The van der Waals surface area contributed by atoms with Gasteiger partial charge < -0.3 is 19.9 Å². The van der Waals surface area contributed by atoms with E-state index in [1.54, 1.807) is 24.3 Å². The first-order valence-electron chi connectivity index (χ1n) is 11.7. The van der Waals surface area contributed by atoms with Gasteiger partial charge in [0.15, 0.2) is 5.82 Å². The molecule has 0 radical (unpaired) electrons. The lowest BCUT2D eigenvalue weighted by Crippen LogP contribution is -2.42. The van der Waals surface area contributed by atoms with E-state index < -0.39 is 11.8 Å². The molecular formula is C26H27ClFN3O3S. The number of carbonyl (C=O) groups excluding carboxylic acids is 1. The highest BCUT2D eigenvalue weighted by molar-refractivity contribution is 7.99. The number of nitrogens with zero attached hydrogens (tertiary/aromatic N) is 2. The Morgan fingerprint density at radius 3 is 2.69 bits per heavy atom. The number of halogens is 2. The van der Waals surface area contributed by atoms with Crippen LogP contribution in [0.4, 0.5) is 4.39 Å². The predicted octanol–water partition coefficient (Wildman–Crippen LogP) is 5.19. The second-order valence-corrected chi connectivity index (χ2v) is 11.0. The summed E-state index contributed by atoms with van der Waals surface area (Å²) in [6.07, 6.45) is 2.59. The maximum absolute atomic E-state index is 15.3. The molecule has 0 unspecified atom stereocenters. The van der Waals surface area contributed by atoms with E-state index in [4.69, 9.17) is 11.6 Å². The largest absolute Gasteiger partial charge is 0.478 e. The van der Waals surface area contributed by atoms with Crippen LogP contribution in [-0.4, -0.2) is 52.6 Å². The van der Waals surface area contributed by atoms with Crippen molar-refractivity contribution in [3.05, 3.63) is 58.5 Å². The second-order valence-electron chi connectivity index (χ2n) is 9.55. The molecule has 9 heteroatoms. The number of amides is 1. The molecule has 1 aromatic heterocycles. The van der Waals surface area contributed by atoms with E-state index in [1.807, 2.05) is 23.6 Å². The molecule has 2 aromatic carbocycles. The van der Waals surface area contributed by atoms with Crippen molar-refractivity contribution in [1.82, 2.24) is 14.8 Å². The van der Waals surface area contributed by atoms with Crippen molar-refractivity contribution < 1.29 is 19.1 Å². The summed E-state index contributed by atoms with van der Waals surface area (Å²) >= 11 is 7.60. The smallest absolute Gasteiger partial charge is 0.335 e. The van der Waals surface area contributed by atoms with E-state index in [-0.39, 0.29) is 21.9 Å². The lowest BCUT2D eigenvalue weighted by atomic mass is 9.78. The van der Waals surface area contributed by atoms with Crippen molar-refractivity contribution in [2.75, 3.05) is 26.2 Å². The number of carbonyl (C=O) groups is 2. The van der Waals surface area contributed by atoms with Crippen molar-refractivity contribution in [1.29, 1.82) is 0 Å². The Balaban J connectivity index is 1.40. The van der Waals surface area contributed by atoms with Crippen LogP contribution in [-0.2, 0) is 11.3 Å². The summed E-state index contributed by atoms with van der Waals surface area (Å²) in [4.78, 5) is 27.2. The minimum Gasteiger partial charge on any atom is -0.478 e. The molecule has 0 bridgehead atoms. The van der Waals surface area contributed by atoms with Crippen molar-refractivity contribution in [2.45, 2.75) is 42.5 Å². The molecule has 184 valence electrons. The van der Waals surface area contributed by atoms with Crippen LogP contribution in [0, 0.1) is 18.2 Å². The predicted molar refractivity (Wildman–Crippen MR) is 135 cm³/mol. The van der Waals surface area contributed by atoms with Crippen LogP contribution in [0.2, 0.25) is 5.02 Å². The molecule has 2 fully saturated rings. The van der Waals surface area contributed by atoms with Gasteiger partial charge >= 0.3 is 5.97 Å². The van der Waals surface area contributed by atoms with Crippen molar-refractivity contribution in [3.63, 3.8) is 0 Å². The molecule has 0 saturated carbocycles. The molecule has 1 spiro atoms. The standard InChI is InChI=1S/C26H27ClFN3O3S/c1-16-24(35-18-4-2-3-17(13-18)25(33)34)19-5-6-20(27)22(28)23(19)31(16)12-11-30-9-7-26(8-10-30)14-21(32)29-15-26/h2-6,13H,7-12,14-15H2,1H3,(H,29,32)(H,33,34). The van der Waals surface area contributed by atoms with Crippen molar-refractivity contribution >= 4 is 46.1 Å². The normalized spacial score (nSPS) is 17.9. The monoisotopic (exact) mass is 515 g/mol. The highest BCUT2D eigenvalue weighted by Gasteiger charge is 2.40. The number of carboxylic acids is 1. The molecule has 3 heterocycles. The quantitative estimate of drug-likeness (QED) is 0.472. The molecule has 3 aromatic rings. The first-order chi connectivity index (χ1) is 16.8. The summed E-state index contributed by atoms with van der Waals surface area (Å²) in [6, 6.07) is 10.2. The van der Waals surface area contributed by atoms with Gasteiger partial charge in [0.1, 0.15) is 0 Å². The van der Waals surface area contributed by atoms with E-state index in [9.17, 15) is 14.7 Å². The summed E-state index contributed by atoms with van der Waals surface area (Å²) in [5.41, 5.74) is 1.71. The highest BCUT2D eigenvalue weighted by Crippen LogP contribution is 2.41. The van der Waals surface area contributed by atoms with Gasteiger partial charge in [-0.15, -0.1) is 0 Å². The molecule has 2 aliphatic heterocycles. The van der Waals surface area contributed by atoms with E-state index in [0.29, 0.717) is 18.5 Å². The number of piperidine rings is 1. The third kappa shape index (κ3) is 4.67. The fraction of sp³-hybridized carbons (Fsp3) is 0.385. The Bertz CT molecular complexity index is 1320. The van der Waals surface area contributed by atoms with E-state index in [1.165, 1.54) is 11.8 Å². The second kappa shape index (κ2) is 9.48. The van der Waals surface area contributed by atoms with Gasteiger partial charge in [-0.25, -0.2) is 9.18 Å². The van der Waals surface area contributed by atoms with Gasteiger partial charge in [-0.1, -0.05) is 29.4 Å². The highest BCUT2D eigenvalue weighted by atomic mass is 35.5. The zero-order valence-corrected chi connectivity index (χ0v) is 21.0.